The van der Waals surface area contributed by atoms with Crippen molar-refractivity contribution in [3.63, 3.8) is 0 Å². The number of hydrogen-bond acceptors (Lipinski definition) is 3. The normalized spacial score (nSPS) is 10.2. The van der Waals surface area contributed by atoms with Crippen LogP contribution in [0.3, 0.4) is 0 Å². The van der Waals surface area contributed by atoms with Gasteiger partial charge in [0.25, 0.3) is 5.91 Å². The number of nitrogens with one attached hydrogen (secondary N) is 1. The van der Waals surface area contributed by atoms with Crippen molar-refractivity contribution < 1.29 is 9.18 Å². The number of carbonyl (C=O) groups excluding carboxylic acids is 1. The molecule has 0 spiro atoms. The molecule has 92 valence electrons. The molecule has 0 saturated carbocycles. The standard InChI is InChI=1S/C11H6BrClFN3O/c12-6-1-2-7(8(14)5-6)11(18)15-10-4-3-9(13)16-17-10/h1-5H,(H,15,17,18). The minimum Gasteiger partial charge on any atom is -0.305 e. The number of carbonyl (C=O) groups is 1. The molecule has 1 amide bonds. The molecule has 2 rings (SSSR count). The maximum atomic E-state index is 13.5. The van der Waals surface area contributed by atoms with E-state index in [1.165, 1.54) is 24.3 Å². The number of nitrogens with zero attached hydrogens (tertiary/aromatic N) is 2. The van der Waals surface area contributed by atoms with Crippen LogP contribution in [0.1, 0.15) is 10.4 Å². The predicted molar refractivity (Wildman–Crippen MR) is 69.1 cm³/mol. The Hall–Kier alpha value is -1.53. The first-order valence-electron chi connectivity index (χ1n) is 4.82. The first kappa shape index (κ1) is 12.9. The van der Waals surface area contributed by atoms with E-state index in [-0.39, 0.29) is 16.5 Å². The number of halogens is 3. The molecule has 1 N–H and O–H groups in total. The lowest BCUT2D eigenvalue weighted by Crippen LogP contribution is -2.14. The third-order valence-electron chi connectivity index (χ3n) is 2.05. The molecule has 0 unspecified atom stereocenters. The van der Waals surface area contributed by atoms with E-state index < -0.39 is 11.7 Å². The smallest absolute Gasteiger partial charge is 0.259 e. The second-order valence-corrected chi connectivity index (χ2v) is 4.62. The van der Waals surface area contributed by atoms with Gasteiger partial charge in [0.2, 0.25) is 0 Å². The van der Waals surface area contributed by atoms with Crippen molar-refractivity contribution in [2.75, 3.05) is 5.32 Å². The van der Waals surface area contributed by atoms with Crippen molar-refractivity contribution >= 4 is 39.3 Å². The summed E-state index contributed by atoms with van der Waals surface area (Å²) in [6.07, 6.45) is 0. The van der Waals surface area contributed by atoms with Gasteiger partial charge < -0.3 is 5.32 Å². The molecule has 0 aliphatic rings. The van der Waals surface area contributed by atoms with Gasteiger partial charge >= 0.3 is 0 Å². The minimum absolute atomic E-state index is 0.0741. The number of anilines is 1. The maximum Gasteiger partial charge on any atom is 0.259 e. The molecule has 1 aromatic heterocycles. The third kappa shape index (κ3) is 3.02. The molecule has 0 radical (unpaired) electrons. The molecular weight excluding hydrogens is 324 g/mol. The van der Waals surface area contributed by atoms with Gasteiger partial charge in [-0.25, -0.2) is 4.39 Å². The number of aromatic nitrogens is 2. The zero-order valence-electron chi connectivity index (χ0n) is 8.82. The summed E-state index contributed by atoms with van der Waals surface area (Å²) in [7, 11) is 0. The molecule has 0 atom stereocenters. The zero-order valence-corrected chi connectivity index (χ0v) is 11.2. The van der Waals surface area contributed by atoms with E-state index in [4.69, 9.17) is 11.6 Å². The van der Waals surface area contributed by atoms with Crippen LogP contribution in [0.4, 0.5) is 10.2 Å². The Bertz CT molecular complexity index is 591. The third-order valence-corrected chi connectivity index (χ3v) is 2.74. The van der Waals surface area contributed by atoms with Crippen molar-refractivity contribution in [3.05, 3.63) is 51.3 Å². The van der Waals surface area contributed by atoms with Gasteiger partial charge in [0.15, 0.2) is 11.0 Å². The Morgan fingerprint density at radius 1 is 1.28 bits per heavy atom. The fourth-order valence-electron chi connectivity index (χ4n) is 1.24. The van der Waals surface area contributed by atoms with E-state index in [0.717, 1.165) is 0 Å². The summed E-state index contributed by atoms with van der Waals surface area (Å²) >= 11 is 8.67. The van der Waals surface area contributed by atoms with Crippen LogP contribution in [0.2, 0.25) is 5.15 Å². The number of benzene rings is 1. The van der Waals surface area contributed by atoms with Crippen LogP contribution in [0, 0.1) is 5.82 Å². The van der Waals surface area contributed by atoms with Crippen LogP contribution in [0.15, 0.2) is 34.8 Å². The van der Waals surface area contributed by atoms with Crippen LogP contribution in [-0.4, -0.2) is 16.1 Å². The van der Waals surface area contributed by atoms with Gasteiger partial charge in [0.05, 0.1) is 5.56 Å². The Kier molecular flexibility index (Phi) is 3.88. The predicted octanol–water partition coefficient (Wildman–Crippen LogP) is 3.28. The Morgan fingerprint density at radius 2 is 2.06 bits per heavy atom. The SMILES string of the molecule is O=C(Nc1ccc(Cl)nn1)c1ccc(Br)cc1F. The molecule has 1 aromatic carbocycles. The average Bonchev–Trinajstić information content (AvgIpc) is 2.32. The lowest BCUT2D eigenvalue weighted by Gasteiger charge is -2.05. The van der Waals surface area contributed by atoms with Crippen LogP contribution >= 0.6 is 27.5 Å². The molecule has 2 aromatic rings. The van der Waals surface area contributed by atoms with Crippen molar-refractivity contribution in [2.24, 2.45) is 0 Å². The summed E-state index contributed by atoms with van der Waals surface area (Å²) in [5.41, 5.74) is -0.0741. The van der Waals surface area contributed by atoms with Gasteiger partial charge in [-0.1, -0.05) is 27.5 Å². The Morgan fingerprint density at radius 3 is 2.67 bits per heavy atom. The molecular formula is C11H6BrClFN3O. The molecule has 0 fully saturated rings. The molecule has 0 aliphatic heterocycles. The lowest BCUT2D eigenvalue weighted by atomic mass is 10.2. The topological polar surface area (TPSA) is 54.9 Å². The van der Waals surface area contributed by atoms with Crippen LogP contribution < -0.4 is 5.32 Å². The van der Waals surface area contributed by atoms with Gasteiger partial charge in [0, 0.05) is 4.47 Å². The summed E-state index contributed by atoms with van der Waals surface area (Å²) in [6, 6.07) is 7.11. The van der Waals surface area contributed by atoms with E-state index in [9.17, 15) is 9.18 Å². The Labute approximate surface area is 115 Å². The first-order valence-corrected chi connectivity index (χ1v) is 5.99. The monoisotopic (exact) mass is 329 g/mol. The zero-order chi connectivity index (χ0) is 13.1. The summed E-state index contributed by atoms with van der Waals surface area (Å²) in [4.78, 5) is 11.8. The minimum atomic E-state index is -0.621. The summed E-state index contributed by atoms with van der Waals surface area (Å²) in [5, 5.41) is 9.84. The maximum absolute atomic E-state index is 13.5. The fraction of sp³-hybridized carbons (Fsp3) is 0. The molecule has 18 heavy (non-hydrogen) atoms. The molecule has 4 nitrogen and oxygen atoms in total. The van der Waals surface area contributed by atoms with E-state index >= 15 is 0 Å². The van der Waals surface area contributed by atoms with Gasteiger partial charge in [0.1, 0.15) is 5.82 Å². The highest BCUT2D eigenvalue weighted by Gasteiger charge is 2.12. The molecule has 0 saturated heterocycles. The highest BCUT2D eigenvalue weighted by atomic mass is 79.9. The number of amides is 1. The Balaban J connectivity index is 2.19. The molecule has 7 heteroatoms. The first-order chi connectivity index (χ1) is 8.56. The molecule has 0 aliphatic carbocycles. The molecule has 1 heterocycles. The van der Waals surface area contributed by atoms with E-state index in [2.05, 4.69) is 31.4 Å². The fourth-order valence-corrected chi connectivity index (χ4v) is 1.67. The van der Waals surface area contributed by atoms with Crippen LogP contribution in [-0.2, 0) is 0 Å². The number of hydrogen-bond donors (Lipinski definition) is 1. The van der Waals surface area contributed by atoms with Crippen LogP contribution in [0.25, 0.3) is 0 Å². The quantitative estimate of drug-likeness (QED) is 0.919. The highest BCUT2D eigenvalue weighted by molar-refractivity contribution is 9.10. The van der Waals surface area contributed by atoms with E-state index in [0.29, 0.717) is 4.47 Å². The second-order valence-electron chi connectivity index (χ2n) is 3.32. The molecule has 0 bridgehead atoms. The highest BCUT2D eigenvalue weighted by Crippen LogP contribution is 2.16. The van der Waals surface area contributed by atoms with E-state index in [1.54, 1.807) is 6.07 Å². The van der Waals surface area contributed by atoms with E-state index in [1.807, 2.05) is 0 Å². The largest absolute Gasteiger partial charge is 0.305 e. The average molecular weight is 331 g/mol. The summed E-state index contributed by atoms with van der Waals surface area (Å²) < 4.78 is 14.1. The lowest BCUT2D eigenvalue weighted by molar-refractivity contribution is 0.102. The van der Waals surface area contributed by atoms with Crippen molar-refractivity contribution in [1.29, 1.82) is 0 Å². The van der Waals surface area contributed by atoms with Crippen LogP contribution in [0.5, 0.6) is 0 Å². The second kappa shape index (κ2) is 5.41. The summed E-state index contributed by atoms with van der Waals surface area (Å²) in [6.45, 7) is 0. The van der Waals surface area contributed by atoms with Gasteiger partial charge in [-0.2, -0.15) is 0 Å². The van der Waals surface area contributed by atoms with Crippen molar-refractivity contribution in [2.45, 2.75) is 0 Å². The van der Waals surface area contributed by atoms with Gasteiger partial charge in [-0.15, -0.1) is 10.2 Å². The van der Waals surface area contributed by atoms with Crippen molar-refractivity contribution in [1.82, 2.24) is 10.2 Å². The van der Waals surface area contributed by atoms with Crippen molar-refractivity contribution in [3.8, 4) is 0 Å². The number of rotatable bonds is 2. The van der Waals surface area contributed by atoms with Gasteiger partial charge in [-0.3, -0.25) is 4.79 Å². The summed E-state index contributed by atoms with van der Waals surface area (Å²) in [5.74, 6) is -1.02. The van der Waals surface area contributed by atoms with Gasteiger partial charge in [-0.05, 0) is 30.3 Å².